The first-order valence-corrected chi connectivity index (χ1v) is 7.49. The van der Waals surface area contributed by atoms with E-state index >= 15 is 0 Å². The van der Waals surface area contributed by atoms with Gasteiger partial charge in [0.15, 0.2) is 0 Å². The largest absolute Gasteiger partial charge is 0.497 e. The highest BCUT2D eigenvalue weighted by molar-refractivity contribution is 9.09. The minimum Gasteiger partial charge on any atom is -0.497 e. The molecule has 2 rings (SSSR count). The van der Waals surface area contributed by atoms with Crippen LogP contribution in [0.2, 0.25) is 0 Å². The molecule has 2 nitrogen and oxygen atoms in total. The Morgan fingerprint density at radius 3 is 2.89 bits per heavy atom. The van der Waals surface area contributed by atoms with Gasteiger partial charge < -0.3 is 9.47 Å². The molecule has 3 atom stereocenters. The van der Waals surface area contributed by atoms with Crippen molar-refractivity contribution in [2.75, 3.05) is 13.7 Å². The molecule has 0 spiro atoms. The number of methoxy groups -OCH3 is 1. The Morgan fingerprint density at radius 2 is 2.28 bits per heavy atom. The highest BCUT2D eigenvalue weighted by atomic mass is 79.9. The zero-order valence-corrected chi connectivity index (χ0v) is 12.9. The summed E-state index contributed by atoms with van der Waals surface area (Å²) in [4.78, 5) is 0.371. The number of halogens is 1. The molecule has 1 aliphatic heterocycles. The van der Waals surface area contributed by atoms with Crippen LogP contribution in [0, 0.1) is 12.8 Å². The van der Waals surface area contributed by atoms with Crippen molar-refractivity contribution in [3.8, 4) is 5.75 Å². The third kappa shape index (κ3) is 2.72. The fraction of sp³-hybridized carbons (Fsp3) is 0.600. The molecular formula is C15H21BrO2. The lowest BCUT2D eigenvalue weighted by Gasteiger charge is -2.24. The fourth-order valence-electron chi connectivity index (χ4n) is 2.74. The first-order valence-electron chi connectivity index (χ1n) is 6.57. The standard InChI is InChI=1S/C15H21BrO2/c1-4-14-13(7-8-18-14)15(16)12-6-5-11(17-3)9-10(12)2/h5-6,9,13-15H,4,7-8H2,1-3H3. The lowest BCUT2D eigenvalue weighted by molar-refractivity contribution is 0.0872. The van der Waals surface area contributed by atoms with E-state index in [1.165, 1.54) is 11.1 Å². The summed E-state index contributed by atoms with van der Waals surface area (Å²) >= 11 is 3.87. The molecule has 0 N–H and O–H groups in total. The number of hydrogen-bond donors (Lipinski definition) is 0. The molecule has 1 aliphatic rings. The minimum atomic E-state index is 0.371. The maximum atomic E-state index is 5.79. The Labute approximate surface area is 118 Å². The van der Waals surface area contributed by atoms with E-state index in [1.807, 2.05) is 6.07 Å². The van der Waals surface area contributed by atoms with Gasteiger partial charge in [0.1, 0.15) is 5.75 Å². The maximum Gasteiger partial charge on any atom is 0.119 e. The molecule has 3 heteroatoms. The molecule has 1 heterocycles. The van der Waals surface area contributed by atoms with Crippen LogP contribution in [0.3, 0.4) is 0 Å². The first-order chi connectivity index (χ1) is 8.67. The van der Waals surface area contributed by atoms with Crippen LogP contribution >= 0.6 is 15.9 Å². The lowest BCUT2D eigenvalue weighted by atomic mass is 9.90. The normalized spacial score (nSPS) is 25.1. The topological polar surface area (TPSA) is 18.5 Å². The molecule has 3 unspecified atom stereocenters. The SMILES string of the molecule is CCC1OCCC1C(Br)c1ccc(OC)cc1C. The molecule has 0 amide bonds. The van der Waals surface area contributed by atoms with Gasteiger partial charge in [-0.3, -0.25) is 0 Å². The quantitative estimate of drug-likeness (QED) is 0.774. The average Bonchev–Trinajstić information content (AvgIpc) is 2.86. The van der Waals surface area contributed by atoms with E-state index < -0.39 is 0 Å². The second-order valence-corrected chi connectivity index (χ2v) is 5.88. The third-order valence-corrected chi connectivity index (χ3v) is 4.99. The van der Waals surface area contributed by atoms with Crippen LogP contribution in [-0.4, -0.2) is 19.8 Å². The van der Waals surface area contributed by atoms with Gasteiger partial charge in [-0.25, -0.2) is 0 Å². The fourth-order valence-corrected chi connectivity index (χ4v) is 3.85. The molecule has 1 saturated heterocycles. The second-order valence-electron chi connectivity index (χ2n) is 4.89. The van der Waals surface area contributed by atoms with E-state index in [0.717, 1.165) is 25.2 Å². The summed E-state index contributed by atoms with van der Waals surface area (Å²) in [5, 5.41) is 0. The molecule has 0 aromatic heterocycles. The molecule has 0 bridgehead atoms. The monoisotopic (exact) mass is 312 g/mol. The third-order valence-electron chi connectivity index (χ3n) is 3.81. The van der Waals surface area contributed by atoms with Crippen molar-refractivity contribution in [1.82, 2.24) is 0 Å². The molecule has 1 aromatic rings. The average molecular weight is 313 g/mol. The number of rotatable bonds is 4. The number of alkyl halides is 1. The van der Waals surface area contributed by atoms with Crippen molar-refractivity contribution in [2.45, 2.75) is 37.6 Å². The highest BCUT2D eigenvalue weighted by Crippen LogP contribution is 2.42. The number of aryl methyl sites for hydroxylation is 1. The molecule has 100 valence electrons. The number of hydrogen-bond acceptors (Lipinski definition) is 2. The Morgan fingerprint density at radius 1 is 1.50 bits per heavy atom. The van der Waals surface area contributed by atoms with Crippen molar-refractivity contribution >= 4 is 15.9 Å². The molecule has 1 aromatic carbocycles. The molecular weight excluding hydrogens is 292 g/mol. The summed E-state index contributed by atoms with van der Waals surface area (Å²) in [6.07, 6.45) is 2.61. The molecule has 0 aliphatic carbocycles. The van der Waals surface area contributed by atoms with Crippen LogP contribution in [0.1, 0.15) is 35.7 Å². The lowest BCUT2D eigenvalue weighted by Crippen LogP contribution is -2.19. The van der Waals surface area contributed by atoms with Gasteiger partial charge in [-0.15, -0.1) is 0 Å². The zero-order valence-electron chi connectivity index (χ0n) is 11.3. The van der Waals surface area contributed by atoms with Crippen molar-refractivity contribution in [2.24, 2.45) is 5.92 Å². The summed E-state index contributed by atoms with van der Waals surface area (Å²) in [6, 6.07) is 6.30. The van der Waals surface area contributed by atoms with Crippen molar-refractivity contribution in [3.63, 3.8) is 0 Å². The summed E-state index contributed by atoms with van der Waals surface area (Å²) < 4.78 is 11.0. The van der Waals surface area contributed by atoms with E-state index in [1.54, 1.807) is 7.11 Å². The van der Waals surface area contributed by atoms with Crippen molar-refractivity contribution < 1.29 is 9.47 Å². The van der Waals surface area contributed by atoms with Crippen LogP contribution in [0.5, 0.6) is 5.75 Å². The zero-order chi connectivity index (χ0) is 13.1. The van der Waals surface area contributed by atoms with Crippen LogP contribution in [0.15, 0.2) is 18.2 Å². The molecule has 0 saturated carbocycles. The van der Waals surface area contributed by atoms with Gasteiger partial charge in [0.2, 0.25) is 0 Å². The van der Waals surface area contributed by atoms with E-state index in [2.05, 4.69) is 41.9 Å². The van der Waals surface area contributed by atoms with Crippen molar-refractivity contribution in [3.05, 3.63) is 29.3 Å². The predicted molar refractivity (Wildman–Crippen MR) is 77.5 cm³/mol. The Hall–Kier alpha value is -0.540. The molecule has 18 heavy (non-hydrogen) atoms. The van der Waals surface area contributed by atoms with E-state index in [9.17, 15) is 0 Å². The summed E-state index contributed by atoms with van der Waals surface area (Å²) in [5.41, 5.74) is 2.63. The smallest absolute Gasteiger partial charge is 0.119 e. The maximum absolute atomic E-state index is 5.79. The van der Waals surface area contributed by atoms with Gasteiger partial charge in [0.25, 0.3) is 0 Å². The minimum absolute atomic E-state index is 0.371. The summed E-state index contributed by atoms with van der Waals surface area (Å²) in [7, 11) is 1.71. The van der Waals surface area contributed by atoms with E-state index in [0.29, 0.717) is 16.8 Å². The molecule has 1 fully saturated rings. The first kappa shape index (κ1) is 13.9. The summed E-state index contributed by atoms with van der Waals surface area (Å²) in [6.45, 7) is 5.23. The number of ether oxygens (including phenoxy) is 2. The van der Waals surface area contributed by atoms with Crippen LogP contribution in [0.25, 0.3) is 0 Å². The second kappa shape index (κ2) is 6.07. The predicted octanol–water partition coefficient (Wildman–Crippen LogP) is 4.25. The van der Waals surface area contributed by atoms with Gasteiger partial charge in [0.05, 0.1) is 13.2 Å². The molecule has 0 radical (unpaired) electrons. The Balaban J connectivity index is 2.20. The summed E-state index contributed by atoms with van der Waals surface area (Å²) in [5.74, 6) is 1.49. The van der Waals surface area contributed by atoms with Gasteiger partial charge in [-0.2, -0.15) is 0 Å². The van der Waals surface area contributed by atoms with Crippen LogP contribution in [-0.2, 0) is 4.74 Å². The Bertz CT molecular complexity index is 405. The Kier molecular flexibility index (Phi) is 4.68. The number of benzene rings is 1. The van der Waals surface area contributed by atoms with Crippen molar-refractivity contribution in [1.29, 1.82) is 0 Å². The van der Waals surface area contributed by atoms with E-state index in [4.69, 9.17) is 9.47 Å². The van der Waals surface area contributed by atoms with Gasteiger partial charge in [-0.05, 0) is 43.0 Å². The van der Waals surface area contributed by atoms with Gasteiger partial charge >= 0.3 is 0 Å². The van der Waals surface area contributed by atoms with Crippen LogP contribution in [0.4, 0.5) is 0 Å². The highest BCUT2D eigenvalue weighted by Gasteiger charge is 2.33. The van der Waals surface area contributed by atoms with Crippen LogP contribution < -0.4 is 4.74 Å². The van der Waals surface area contributed by atoms with E-state index in [-0.39, 0.29) is 0 Å². The van der Waals surface area contributed by atoms with Gasteiger partial charge in [0, 0.05) is 17.4 Å². The van der Waals surface area contributed by atoms with Gasteiger partial charge in [-0.1, -0.05) is 28.9 Å².